The Kier molecular flexibility index (Phi) is 5.54. The van der Waals surface area contributed by atoms with E-state index < -0.39 is 0 Å². The number of benzene rings is 2. The highest BCUT2D eigenvalue weighted by Crippen LogP contribution is 2.41. The third-order valence-corrected chi connectivity index (χ3v) is 6.57. The van der Waals surface area contributed by atoms with Gasteiger partial charge in [-0.15, -0.1) is 0 Å². The van der Waals surface area contributed by atoms with Crippen molar-refractivity contribution in [2.75, 3.05) is 43.7 Å². The number of rotatable bonds is 5. The van der Waals surface area contributed by atoms with Gasteiger partial charge in [-0.1, -0.05) is 11.6 Å². The minimum atomic E-state index is 0.0614. The molecule has 0 amide bonds. The number of hydrogen-bond acceptors (Lipinski definition) is 6. The smallest absolute Gasteiger partial charge is 0.145 e. The van der Waals surface area contributed by atoms with E-state index in [1.807, 2.05) is 6.07 Å². The third-order valence-electron chi connectivity index (χ3n) is 6.27. The average molecular weight is 468 g/mol. The molecule has 0 atom stereocenters. The lowest BCUT2D eigenvalue weighted by atomic mass is 10.1. The highest BCUT2D eigenvalue weighted by molar-refractivity contribution is 6.33. The summed E-state index contributed by atoms with van der Waals surface area (Å²) >= 11 is 6.24. The minimum Gasteiger partial charge on any atom is -0.509 e. The van der Waals surface area contributed by atoms with Gasteiger partial charge in [-0.05, 0) is 37.5 Å². The monoisotopic (exact) mass is 467 g/mol. The van der Waals surface area contributed by atoms with E-state index in [-0.39, 0.29) is 18.1 Å². The van der Waals surface area contributed by atoms with E-state index in [0.717, 1.165) is 29.8 Å². The zero-order valence-corrected chi connectivity index (χ0v) is 19.4. The second-order valence-electron chi connectivity index (χ2n) is 8.25. The van der Waals surface area contributed by atoms with Gasteiger partial charge in [-0.25, -0.2) is 4.98 Å². The van der Waals surface area contributed by atoms with Crippen LogP contribution in [0.2, 0.25) is 5.02 Å². The second-order valence-corrected chi connectivity index (χ2v) is 8.66. The van der Waals surface area contributed by atoms with E-state index in [9.17, 15) is 5.11 Å². The van der Waals surface area contributed by atoms with Crippen molar-refractivity contribution in [3.8, 4) is 11.5 Å². The molecule has 1 saturated heterocycles. The number of aliphatic hydroxyl groups excluding tert-OH is 1. The van der Waals surface area contributed by atoms with Crippen LogP contribution in [0, 0.1) is 5.41 Å². The van der Waals surface area contributed by atoms with Crippen LogP contribution in [0.1, 0.15) is 25.1 Å². The number of hydrogen-bond donors (Lipinski definition) is 3. The Balaban J connectivity index is 1.48. The fraction of sp³-hybridized carbons (Fsp3) is 0.333. The summed E-state index contributed by atoms with van der Waals surface area (Å²) in [5.41, 5.74) is 3.78. The number of fused-ring (bicyclic) bond motifs is 1. The molecule has 0 aliphatic carbocycles. The summed E-state index contributed by atoms with van der Waals surface area (Å²) in [6.45, 7) is 2.24. The van der Waals surface area contributed by atoms with Crippen LogP contribution >= 0.6 is 11.6 Å². The number of piperidine rings is 1. The number of imidazole rings is 1. The van der Waals surface area contributed by atoms with Gasteiger partial charge in [0, 0.05) is 30.9 Å². The molecule has 9 heteroatoms. The molecule has 172 valence electrons. The molecule has 0 saturated carbocycles. The molecule has 3 aromatic rings. The summed E-state index contributed by atoms with van der Waals surface area (Å²) < 4.78 is 10.8. The zero-order chi connectivity index (χ0) is 23.1. The lowest BCUT2D eigenvalue weighted by Crippen LogP contribution is -2.29. The van der Waals surface area contributed by atoms with Crippen LogP contribution in [-0.4, -0.2) is 54.8 Å². The maximum absolute atomic E-state index is 10.8. The fourth-order valence-electron chi connectivity index (χ4n) is 4.55. The number of ether oxygens (including phenoxy) is 2. The van der Waals surface area contributed by atoms with Crippen LogP contribution in [0.5, 0.6) is 11.5 Å². The van der Waals surface area contributed by atoms with E-state index in [4.69, 9.17) is 26.5 Å². The van der Waals surface area contributed by atoms with E-state index >= 15 is 0 Å². The maximum atomic E-state index is 10.8. The first kappa shape index (κ1) is 21.5. The Morgan fingerprint density at radius 2 is 1.82 bits per heavy atom. The zero-order valence-electron chi connectivity index (χ0n) is 18.6. The number of halogens is 1. The first-order valence-corrected chi connectivity index (χ1v) is 11.3. The van der Waals surface area contributed by atoms with Crippen molar-refractivity contribution >= 4 is 45.4 Å². The molecule has 3 N–H and O–H groups in total. The molecule has 0 unspecified atom stereocenters. The Morgan fingerprint density at radius 1 is 1.06 bits per heavy atom. The van der Waals surface area contributed by atoms with E-state index in [1.54, 1.807) is 17.0 Å². The van der Waals surface area contributed by atoms with Gasteiger partial charge in [-0.2, -0.15) is 0 Å². The Hall–Kier alpha value is -3.39. The molecule has 0 radical (unpaired) electrons. The number of H-pyrrole nitrogens is 1. The van der Waals surface area contributed by atoms with Gasteiger partial charge in [0.1, 0.15) is 28.9 Å². The van der Waals surface area contributed by atoms with Crippen molar-refractivity contribution in [2.24, 2.45) is 0 Å². The molecule has 0 bridgehead atoms. The first-order chi connectivity index (χ1) is 16.0. The SMILES string of the molecule is COc1cc(N2CC(O)=C(c3nc4ccc(N5CCCCC5)cc4[nH]3)C2=N)c(OC)cc1Cl. The van der Waals surface area contributed by atoms with Gasteiger partial charge in [0.25, 0.3) is 0 Å². The number of aliphatic hydroxyl groups is 1. The highest BCUT2D eigenvalue weighted by Gasteiger charge is 2.33. The number of aromatic amines is 1. The number of amidine groups is 1. The number of nitrogens with zero attached hydrogens (tertiary/aromatic N) is 3. The third kappa shape index (κ3) is 3.74. The van der Waals surface area contributed by atoms with Crippen LogP contribution < -0.4 is 19.3 Å². The molecule has 33 heavy (non-hydrogen) atoms. The molecule has 1 aromatic heterocycles. The van der Waals surface area contributed by atoms with Crippen molar-refractivity contribution < 1.29 is 14.6 Å². The van der Waals surface area contributed by atoms with Crippen molar-refractivity contribution in [3.05, 3.63) is 46.9 Å². The average Bonchev–Trinajstić information content (AvgIpc) is 3.38. The predicted octanol–water partition coefficient (Wildman–Crippen LogP) is 4.99. The lowest BCUT2D eigenvalue weighted by Gasteiger charge is -2.28. The predicted molar refractivity (Wildman–Crippen MR) is 131 cm³/mol. The van der Waals surface area contributed by atoms with Gasteiger partial charge in [-0.3, -0.25) is 5.41 Å². The van der Waals surface area contributed by atoms with Gasteiger partial charge >= 0.3 is 0 Å². The molecule has 1 fully saturated rings. The summed E-state index contributed by atoms with van der Waals surface area (Å²) in [4.78, 5) is 12.0. The largest absolute Gasteiger partial charge is 0.509 e. The molecule has 0 spiro atoms. The minimum absolute atomic E-state index is 0.0614. The van der Waals surface area contributed by atoms with E-state index in [2.05, 4.69) is 27.0 Å². The standard InChI is InChI=1S/C24H26ClN5O3/c1-32-20-12-18(21(33-2)11-15(20)25)30-13-19(31)22(23(30)26)24-27-16-7-6-14(10-17(16)28-24)29-8-4-3-5-9-29/h6-7,10-12,26,31H,3-5,8-9,13H2,1-2H3,(H,27,28). The fourth-order valence-corrected chi connectivity index (χ4v) is 4.78. The topological polar surface area (TPSA) is 97.7 Å². The summed E-state index contributed by atoms with van der Waals surface area (Å²) in [5.74, 6) is 1.58. The Bertz CT molecular complexity index is 1260. The maximum Gasteiger partial charge on any atom is 0.145 e. The quantitative estimate of drug-likeness (QED) is 0.489. The van der Waals surface area contributed by atoms with Crippen LogP contribution in [0.4, 0.5) is 11.4 Å². The molecule has 2 aliphatic rings. The van der Waals surface area contributed by atoms with Crippen molar-refractivity contribution in [1.82, 2.24) is 9.97 Å². The van der Waals surface area contributed by atoms with Crippen molar-refractivity contribution in [1.29, 1.82) is 5.41 Å². The van der Waals surface area contributed by atoms with Gasteiger partial charge in [0.2, 0.25) is 0 Å². The van der Waals surface area contributed by atoms with Crippen molar-refractivity contribution in [2.45, 2.75) is 19.3 Å². The molecule has 5 rings (SSSR count). The first-order valence-electron chi connectivity index (χ1n) is 11.0. The van der Waals surface area contributed by atoms with Gasteiger partial charge in [0.05, 0.1) is 48.1 Å². The Morgan fingerprint density at radius 3 is 2.55 bits per heavy atom. The molecule has 2 aromatic carbocycles. The molecule has 2 aliphatic heterocycles. The van der Waals surface area contributed by atoms with E-state index in [1.165, 1.54) is 33.5 Å². The second kappa shape index (κ2) is 8.51. The van der Waals surface area contributed by atoms with Crippen LogP contribution in [-0.2, 0) is 0 Å². The number of anilines is 2. The van der Waals surface area contributed by atoms with Crippen molar-refractivity contribution in [3.63, 3.8) is 0 Å². The number of aromatic nitrogens is 2. The molecule has 8 nitrogen and oxygen atoms in total. The molecular weight excluding hydrogens is 442 g/mol. The molecule has 3 heterocycles. The van der Waals surface area contributed by atoms with Gasteiger partial charge in [0.15, 0.2) is 0 Å². The number of methoxy groups -OCH3 is 2. The summed E-state index contributed by atoms with van der Waals surface area (Å²) in [6, 6.07) is 9.51. The normalized spacial score (nSPS) is 16.8. The summed E-state index contributed by atoms with van der Waals surface area (Å²) in [5, 5.41) is 20.0. The van der Waals surface area contributed by atoms with E-state index in [0.29, 0.717) is 33.6 Å². The highest BCUT2D eigenvalue weighted by atomic mass is 35.5. The lowest BCUT2D eigenvalue weighted by molar-refractivity contribution is 0.400. The number of nitrogens with one attached hydrogen (secondary N) is 2. The van der Waals surface area contributed by atoms with Crippen LogP contribution in [0.25, 0.3) is 16.6 Å². The molecular formula is C24H26ClN5O3. The van der Waals surface area contributed by atoms with Gasteiger partial charge < -0.3 is 29.4 Å². The van der Waals surface area contributed by atoms with Crippen LogP contribution in [0.3, 0.4) is 0 Å². The van der Waals surface area contributed by atoms with Crippen LogP contribution in [0.15, 0.2) is 36.1 Å². The summed E-state index contributed by atoms with van der Waals surface area (Å²) in [7, 11) is 3.06. The Labute approximate surface area is 196 Å². The summed E-state index contributed by atoms with van der Waals surface area (Å²) in [6.07, 6.45) is 3.70.